The van der Waals surface area contributed by atoms with Crippen molar-refractivity contribution in [3.63, 3.8) is 0 Å². The molecule has 0 bridgehead atoms. The Bertz CT molecular complexity index is 853. The molecule has 2 N–H and O–H groups in total. The molecule has 0 aliphatic carbocycles. The summed E-state index contributed by atoms with van der Waals surface area (Å²) in [5.41, 5.74) is 2.96. The summed E-state index contributed by atoms with van der Waals surface area (Å²) < 4.78 is 1.52. The fraction of sp³-hybridized carbons (Fsp3) is 0.500. The van der Waals surface area contributed by atoms with E-state index in [1.807, 2.05) is 12.1 Å². The fourth-order valence-corrected chi connectivity index (χ4v) is 3.89. The number of fused-ring (bicyclic) bond motifs is 2. The van der Waals surface area contributed by atoms with E-state index in [0.717, 1.165) is 44.3 Å². The number of amides is 1. The molecule has 3 heterocycles. The molecule has 1 aromatic carbocycles. The molecular weight excluding hydrogens is 318 g/mol. The predicted molar refractivity (Wildman–Crippen MR) is 96.1 cm³/mol. The maximum Gasteiger partial charge on any atom is 0.344 e. The number of hydrogen-bond donors (Lipinski definition) is 2. The van der Waals surface area contributed by atoms with E-state index in [2.05, 4.69) is 33.5 Å². The Hall–Kier alpha value is -2.57. The van der Waals surface area contributed by atoms with Crippen LogP contribution < -0.4 is 15.9 Å². The van der Waals surface area contributed by atoms with E-state index in [9.17, 15) is 9.59 Å². The lowest BCUT2D eigenvalue weighted by molar-refractivity contribution is -0.119. The molecule has 1 aromatic heterocycles. The molecule has 1 amide bonds. The third-order valence-electron chi connectivity index (χ3n) is 5.22. The minimum absolute atomic E-state index is 0.148. The minimum Gasteiger partial charge on any atom is -0.374 e. The van der Waals surface area contributed by atoms with Gasteiger partial charge in [0.1, 0.15) is 11.9 Å². The van der Waals surface area contributed by atoms with Gasteiger partial charge in [-0.2, -0.15) is 5.10 Å². The molecule has 0 radical (unpaired) electrons. The van der Waals surface area contributed by atoms with Crippen LogP contribution in [0.3, 0.4) is 0 Å². The highest BCUT2D eigenvalue weighted by Crippen LogP contribution is 2.30. The lowest BCUT2D eigenvalue weighted by atomic mass is 10.0. The van der Waals surface area contributed by atoms with Crippen LogP contribution in [0.5, 0.6) is 0 Å². The minimum atomic E-state index is -0.502. The van der Waals surface area contributed by atoms with Crippen molar-refractivity contribution in [2.75, 3.05) is 23.8 Å². The van der Waals surface area contributed by atoms with Crippen molar-refractivity contribution in [2.45, 2.75) is 44.6 Å². The van der Waals surface area contributed by atoms with Crippen molar-refractivity contribution in [1.82, 2.24) is 14.8 Å². The second kappa shape index (κ2) is 6.38. The number of rotatable bonds is 2. The van der Waals surface area contributed by atoms with Gasteiger partial charge in [0.25, 0.3) is 0 Å². The Morgan fingerprint density at radius 1 is 1.28 bits per heavy atom. The quantitative estimate of drug-likeness (QED) is 0.873. The third kappa shape index (κ3) is 2.94. The maximum absolute atomic E-state index is 12.9. The third-order valence-corrected chi connectivity index (χ3v) is 5.22. The first-order chi connectivity index (χ1) is 12.1. The molecule has 1 unspecified atom stereocenters. The van der Waals surface area contributed by atoms with E-state index < -0.39 is 6.04 Å². The number of carbonyl (C=O) groups excluding carboxylic acids is 1. The first kappa shape index (κ1) is 15.9. The molecule has 4 rings (SSSR count). The van der Waals surface area contributed by atoms with Crippen molar-refractivity contribution < 1.29 is 4.79 Å². The van der Waals surface area contributed by atoms with Crippen molar-refractivity contribution in [1.29, 1.82) is 0 Å². The van der Waals surface area contributed by atoms with Crippen LogP contribution in [0.15, 0.2) is 23.0 Å². The summed E-state index contributed by atoms with van der Waals surface area (Å²) in [6.07, 6.45) is 5.47. The molecule has 132 valence electrons. The first-order valence-electron chi connectivity index (χ1n) is 8.94. The van der Waals surface area contributed by atoms with Crippen molar-refractivity contribution in [3.8, 4) is 0 Å². The highest BCUT2D eigenvalue weighted by molar-refractivity contribution is 5.94. The number of aromatic nitrogens is 3. The molecule has 0 saturated carbocycles. The summed E-state index contributed by atoms with van der Waals surface area (Å²) in [5.74, 6) is 0.526. The van der Waals surface area contributed by atoms with Gasteiger partial charge in [0.15, 0.2) is 0 Å². The number of carbonyl (C=O) groups is 1. The Labute approximate surface area is 146 Å². The van der Waals surface area contributed by atoms with Crippen LogP contribution in [-0.2, 0) is 17.6 Å². The second-order valence-corrected chi connectivity index (χ2v) is 6.93. The zero-order valence-electron chi connectivity index (χ0n) is 14.4. The van der Waals surface area contributed by atoms with E-state index in [0.29, 0.717) is 12.2 Å². The van der Waals surface area contributed by atoms with Gasteiger partial charge in [0.05, 0.1) is 0 Å². The maximum atomic E-state index is 12.9. The second-order valence-electron chi connectivity index (χ2n) is 6.93. The van der Waals surface area contributed by atoms with Crippen LogP contribution in [0.2, 0.25) is 0 Å². The zero-order valence-corrected chi connectivity index (χ0v) is 14.4. The van der Waals surface area contributed by atoms with Crippen LogP contribution in [0.25, 0.3) is 0 Å². The summed E-state index contributed by atoms with van der Waals surface area (Å²) in [6, 6.07) is 5.56. The number of H-pyrrole nitrogens is 1. The van der Waals surface area contributed by atoms with Crippen molar-refractivity contribution >= 4 is 17.3 Å². The Morgan fingerprint density at radius 3 is 3.04 bits per heavy atom. The summed E-state index contributed by atoms with van der Waals surface area (Å²) in [6.45, 7) is 1.03. The number of nitrogens with one attached hydrogen (secondary N) is 2. The van der Waals surface area contributed by atoms with Gasteiger partial charge < -0.3 is 10.2 Å². The lowest BCUT2D eigenvalue weighted by Gasteiger charge is -2.28. The fourth-order valence-electron chi connectivity index (χ4n) is 3.89. The average Bonchev–Trinajstić information content (AvgIpc) is 2.84. The van der Waals surface area contributed by atoms with Crippen LogP contribution in [-0.4, -0.2) is 34.3 Å². The molecule has 7 heteroatoms. The average molecular weight is 341 g/mol. The van der Waals surface area contributed by atoms with E-state index in [1.54, 1.807) is 0 Å². The van der Waals surface area contributed by atoms with Crippen LogP contribution >= 0.6 is 0 Å². The molecule has 0 saturated heterocycles. The number of aryl methyl sites for hydroxylation is 2. The van der Waals surface area contributed by atoms with Gasteiger partial charge in [-0.25, -0.2) is 9.89 Å². The van der Waals surface area contributed by atoms with Crippen LogP contribution in [0, 0.1) is 0 Å². The first-order valence-corrected chi connectivity index (χ1v) is 8.94. The normalized spacial score (nSPS) is 19.7. The standard InChI is InChI=1S/C18H23N5O2/c1-22-10-4-5-12-8-9-13(11-15(12)22)19-17(24)14-6-2-3-7-16-20-21-18(25)23(14)16/h8-9,11,14H,2-7,10H2,1H3,(H,19,24)(H,21,25). The number of hydrogen-bond acceptors (Lipinski definition) is 4. The molecule has 1 atom stereocenters. The summed E-state index contributed by atoms with van der Waals surface area (Å²) in [4.78, 5) is 27.2. The SMILES string of the molecule is CN1CCCc2ccc(NC(=O)C3CCCCc4n[nH]c(=O)n43)cc21. The van der Waals surface area contributed by atoms with Crippen molar-refractivity contribution in [2.24, 2.45) is 0 Å². The molecular formula is C18H23N5O2. The van der Waals surface area contributed by atoms with Crippen molar-refractivity contribution in [3.05, 3.63) is 40.1 Å². The zero-order chi connectivity index (χ0) is 17.4. The summed E-state index contributed by atoms with van der Waals surface area (Å²) in [7, 11) is 2.08. The highest BCUT2D eigenvalue weighted by Gasteiger charge is 2.28. The van der Waals surface area contributed by atoms with Gasteiger partial charge >= 0.3 is 5.69 Å². The van der Waals surface area contributed by atoms with E-state index in [-0.39, 0.29) is 11.6 Å². The Morgan fingerprint density at radius 2 is 2.16 bits per heavy atom. The number of benzene rings is 1. The Kier molecular flexibility index (Phi) is 4.07. The van der Waals surface area contributed by atoms with Crippen LogP contribution in [0.1, 0.15) is 43.1 Å². The van der Waals surface area contributed by atoms with Gasteiger partial charge in [-0.3, -0.25) is 9.36 Å². The van der Waals surface area contributed by atoms with E-state index >= 15 is 0 Å². The molecule has 7 nitrogen and oxygen atoms in total. The van der Waals surface area contributed by atoms with E-state index in [4.69, 9.17) is 0 Å². The van der Waals surface area contributed by atoms with Crippen LogP contribution in [0.4, 0.5) is 11.4 Å². The number of aromatic amines is 1. The summed E-state index contributed by atoms with van der Waals surface area (Å²) in [5, 5.41) is 9.54. The number of nitrogens with zero attached hydrogens (tertiary/aromatic N) is 3. The predicted octanol–water partition coefficient (Wildman–Crippen LogP) is 1.86. The largest absolute Gasteiger partial charge is 0.374 e. The molecule has 2 aliphatic rings. The van der Waals surface area contributed by atoms with Gasteiger partial charge in [-0.05, 0) is 43.4 Å². The highest BCUT2D eigenvalue weighted by atomic mass is 16.2. The lowest BCUT2D eigenvalue weighted by Crippen LogP contribution is -2.32. The monoisotopic (exact) mass is 341 g/mol. The molecule has 25 heavy (non-hydrogen) atoms. The smallest absolute Gasteiger partial charge is 0.344 e. The molecule has 2 aliphatic heterocycles. The summed E-state index contributed by atoms with van der Waals surface area (Å²) >= 11 is 0. The topological polar surface area (TPSA) is 83.0 Å². The van der Waals surface area contributed by atoms with Gasteiger partial charge in [0.2, 0.25) is 5.91 Å². The molecule has 0 spiro atoms. The molecule has 2 aromatic rings. The van der Waals surface area contributed by atoms with E-state index in [1.165, 1.54) is 15.8 Å². The van der Waals surface area contributed by atoms with Gasteiger partial charge in [0, 0.05) is 31.4 Å². The number of anilines is 2. The Balaban J connectivity index is 1.59. The molecule has 0 fully saturated rings. The van der Waals surface area contributed by atoms with Gasteiger partial charge in [-0.1, -0.05) is 12.5 Å². The van der Waals surface area contributed by atoms with Gasteiger partial charge in [-0.15, -0.1) is 0 Å².